The van der Waals surface area contributed by atoms with Crippen molar-refractivity contribution < 1.29 is 9.53 Å². The van der Waals surface area contributed by atoms with Gasteiger partial charge in [-0.05, 0) is 26.8 Å². The number of alkyl halides is 1. The molecule has 3 nitrogen and oxygen atoms in total. The number of allylic oxidation sites excluding steroid dienone is 2. The van der Waals surface area contributed by atoms with Crippen LogP contribution in [-0.2, 0) is 9.53 Å². The topological polar surface area (TPSA) is 38.3 Å². The summed E-state index contributed by atoms with van der Waals surface area (Å²) in [5.41, 5.74) is 0.0204. The molecule has 0 saturated heterocycles. The molecular formula is C10H14BrNO2. The largest absolute Gasteiger partial charge is 0.455 e. The first-order valence-corrected chi connectivity index (χ1v) is 5.32. The highest BCUT2D eigenvalue weighted by molar-refractivity contribution is 9.09. The van der Waals surface area contributed by atoms with Crippen molar-refractivity contribution in [1.82, 2.24) is 5.32 Å². The number of rotatable bonds is 1. The molecule has 4 heteroatoms. The lowest BCUT2D eigenvalue weighted by molar-refractivity contribution is -0.150. The van der Waals surface area contributed by atoms with Crippen LogP contribution in [0.5, 0.6) is 0 Å². The molecule has 1 N–H and O–H groups in total. The lowest BCUT2D eigenvalue weighted by atomic mass is 10.2. The molecule has 1 unspecified atom stereocenters. The monoisotopic (exact) mass is 259 g/mol. The van der Waals surface area contributed by atoms with Crippen molar-refractivity contribution in [3.8, 4) is 0 Å². The van der Waals surface area contributed by atoms with Gasteiger partial charge in [-0.2, -0.15) is 0 Å². The second-order valence-electron chi connectivity index (χ2n) is 4.01. The summed E-state index contributed by atoms with van der Waals surface area (Å²) in [5, 5.41) is 2.96. The predicted octanol–water partition coefficient (Wildman–Crippen LogP) is 2.09. The molecule has 1 aliphatic rings. The van der Waals surface area contributed by atoms with E-state index in [4.69, 9.17) is 4.74 Å². The Kier molecular flexibility index (Phi) is 3.37. The zero-order chi connectivity index (χ0) is 10.8. The molecule has 78 valence electrons. The molecule has 1 aliphatic heterocycles. The van der Waals surface area contributed by atoms with E-state index in [1.165, 1.54) is 0 Å². The van der Waals surface area contributed by atoms with Crippen LogP contribution in [0.2, 0.25) is 0 Å². The lowest BCUT2D eigenvalue weighted by Crippen LogP contribution is -2.33. The van der Waals surface area contributed by atoms with E-state index in [1.807, 2.05) is 32.9 Å². The van der Waals surface area contributed by atoms with Crippen molar-refractivity contribution in [2.75, 3.05) is 0 Å². The third-order valence-corrected chi connectivity index (χ3v) is 1.99. The fourth-order valence-electron chi connectivity index (χ4n) is 0.954. The Bertz CT molecular complexity index is 289. The molecule has 0 aromatic carbocycles. The van der Waals surface area contributed by atoms with Gasteiger partial charge in [0, 0.05) is 0 Å². The van der Waals surface area contributed by atoms with Gasteiger partial charge in [-0.15, -0.1) is 0 Å². The van der Waals surface area contributed by atoms with Crippen molar-refractivity contribution in [2.24, 2.45) is 0 Å². The highest BCUT2D eigenvalue weighted by atomic mass is 79.9. The fourth-order valence-corrected chi connectivity index (χ4v) is 1.38. The van der Waals surface area contributed by atoms with Crippen LogP contribution in [0.25, 0.3) is 0 Å². The van der Waals surface area contributed by atoms with Crippen molar-refractivity contribution in [3.63, 3.8) is 0 Å². The van der Waals surface area contributed by atoms with Gasteiger partial charge in [0.05, 0.1) is 0 Å². The number of carbonyl (C=O) groups is 1. The standard InChI is InChI=1S/C10H14BrNO2/c1-10(2,3)14-9(13)7-5-4-6-8(11)12-7/h4-6,8,12H,1-3H3. The number of ether oxygens (including phenoxy) is 1. The summed E-state index contributed by atoms with van der Waals surface area (Å²) in [7, 11) is 0. The fraction of sp³-hybridized carbons (Fsp3) is 0.500. The van der Waals surface area contributed by atoms with Crippen LogP contribution < -0.4 is 5.32 Å². The Balaban J connectivity index is 2.62. The molecule has 14 heavy (non-hydrogen) atoms. The second kappa shape index (κ2) is 4.17. The molecule has 0 aromatic heterocycles. The first-order valence-electron chi connectivity index (χ1n) is 4.41. The van der Waals surface area contributed by atoms with E-state index in [0.717, 1.165) is 0 Å². The highest BCUT2D eigenvalue weighted by Gasteiger charge is 2.21. The Morgan fingerprint density at radius 1 is 1.57 bits per heavy atom. The normalized spacial score (nSPS) is 21.1. The van der Waals surface area contributed by atoms with Crippen LogP contribution in [-0.4, -0.2) is 16.5 Å². The number of carbonyl (C=O) groups excluding carboxylic acids is 1. The molecule has 0 bridgehead atoms. The second-order valence-corrected chi connectivity index (χ2v) is 5.00. The van der Waals surface area contributed by atoms with Crippen molar-refractivity contribution in [2.45, 2.75) is 31.3 Å². The van der Waals surface area contributed by atoms with E-state index in [0.29, 0.717) is 5.70 Å². The zero-order valence-corrected chi connectivity index (χ0v) is 10.1. The number of nitrogens with one attached hydrogen (secondary N) is 1. The Morgan fingerprint density at radius 3 is 2.71 bits per heavy atom. The minimum Gasteiger partial charge on any atom is -0.455 e. The molecule has 0 aliphatic carbocycles. The summed E-state index contributed by atoms with van der Waals surface area (Å²) in [5.74, 6) is -0.327. The van der Waals surface area contributed by atoms with Gasteiger partial charge in [0.25, 0.3) is 0 Å². The van der Waals surface area contributed by atoms with Crippen molar-refractivity contribution in [1.29, 1.82) is 0 Å². The van der Waals surface area contributed by atoms with E-state index in [2.05, 4.69) is 21.2 Å². The first kappa shape index (κ1) is 11.3. The Morgan fingerprint density at radius 2 is 2.21 bits per heavy atom. The summed E-state index contributed by atoms with van der Waals surface area (Å²) in [6.45, 7) is 5.53. The van der Waals surface area contributed by atoms with Gasteiger partial charge in [-0.25, -0.2) is 4.79 Å². The predicted molar refractivity (Wildman–Crippen MR) is 58.9 cm³/mol. The maximum Gasteiger partial charge on any atom is 0.354 e. The van der Waals surface area contributed by atoms with Gasteiger partial charge in [0.2, 0.25) is 0 Å². The number of esters is 1. The third kappa shape index (κ3) is 3.54. The van der Waals surface area contributed by atoms with E-state index >= 15 is 0 Å². The lowest BCUT2D eigenvalue weighted by Gasteiger charge is -2.22. The van der Waals surface area contributed by atoms with E-state index in [9.17, 15) is 4.79 Å². The Hall–Kier alpha value is -0.770. The van der Waals surface area contributed by atoms with Crippen LogP contribution in [0.15, 0.2) is 23.9 Å². The molecule has 0 saturated carbocycles. The van der Waals surface area contributed by atoms with Gasteiger partial charge in [-0.3, -0.25) is 0 Å². The quantitative estimate of drug-likeness (QED) is 0.445. The van der Waals surface area contributed by atoms with Gasteiger partial charge in [-0.1, -0.05) is 28.1 Å². The number of hydrogen-bond acceptors (Lipinski definition) is 3. The van der Waals surface area contributed by atoms with E-state index in [-0.39, 0.29) is 10.9 Å². The number of hydrogen-bond donors (Lipinski definition) is 1. The molecule has 1 atom stereocenters. The van der Waals surface area contributed by atoms with Crippen LogP contribution >= 0.6 is 15.9 Å². The number of halogens is 1. The summed E-state index contributed by atoms with van der Waals surface area (Å²) >= 11 is 3.33. The molecule has 1 rings (SSSR count). The highest BCUT2D eigenvalue weighted by Crippen LogP contribution is 2.13. The number of dihydropyridines is 1. The third-order valence-electron chi connectivity index (χ3n) is 1.46. The maximum absolute atomic E-state index is 11.6. The van der Waals surface area contributed by atoms with Crippen molar-refractivity contribution in [3.05, 3.63) is 23.9 Å². The molecule has 1 heterocycles. The van der Waals surface area contributed by atoms with Gasteiger partial charge in [0.15, 0.2) is 0 Å². The maximum atomic E-state index is 11.6. The molecule has 0 amide bonds. The minimum absolute atomic E-state index is 0.00461. The average Bonchev–Trinajstić information content (AvgIpc) is 2.01. The van der Waals surface area contributed by atoms with Crippen LogP contribution in [0.3, 0.4) is 0 Å². The molecule has 0 aromatic rings. The van der Waals surface area contributed by atoms with Gasteiger partial charge < -0.3 is 10.1 Å². The van der Waals surface area contributed by atoms with Gasteiger partial charge in [0.1, 0.15) is 16.2 Å². The summed E-state index contributed by atoms with van der Waals surface area (Å²) in [6.07, 6.45) is 5.41. The summed E-state index contributed by atoms with van der Waals surface area (Å²) in [6, 6.07) is 0. The van der Waals surface area contributed by atoms with Crippen LogP contribution in [0.4, 0.5) is 0 Å². The minimum atomic E-state index is -0.456. The molecule has 0 fully saturated rings. The SMILES string of the molecule is CC(C)(C)OC(=O)C1=CC=CC(Br)N1. The van der Waals surface area contributed by atoms with E-state index < -0.39 is 5.60 Å². The van der Waals surface area contributed by atoms with E-state index in [1.54, 1.807) is 6.08 Å². The first-order chi connectivity index (χ1) is 6.38. The summed E-state index contributed by atoms with van der Waals surface area (Å²) in [4.78, 5) is 11.5. The van der Waals surface area contributed by atoms with Crippen LogP contribution in [0.1, 0.15) is 20.8 Å². The molecular weight excluding hydrogens is 246 g/mol. The van der Waals surface area contributed by atoms with Crippen LogP contribution in [0, 0.1) is 0 Å². The average molecular weight is 260 g/mol. The molecule has 0 radical (unpaired) electrons. The van der Waals surface area contributed by atoms with Gasteiger partial charge >= 0.3 is 5.97 Å². The summed E-state index contributed by atoms with van der Waals surface area (Å²) < 4.78 is 5.20. The van der Waals surface area contributed by atoms with Crippen molar-refractivity contribution >= 4 is 21.9 Å². The zero-order valence-electron chi connectivity index (χ0n) is 8.50. The molecule has 0 spiro atoms. The Labute approximate surface area is 92.3 Å². The smallest absolute Gasteiger partial charge is 0.354 e.